The van der Waals surface area contributed by atoms with Crippen LogP contribution in [0.2, 0.25) is 0 Å². The van der Waals surface area contributed by atoms with Gasteiger partial charge in [0, 0.05) is 18.7 Å². The minimum absolute atomic E-state index is 0.149. The molecular formula is C18H27N3O6S. The first-order valence-electron chi connectivity index (χ1n) is 9.57. The number of aliphatic hydroxyl groups excluding tert-OH is 2. The molecule has 10 heteroatoms. The number of sulfonamides is 1. The minimum atomic E-state index is -3.88. The average Bonchev–Trinajstić information content (AvgIpc) is 3.03. The average molecular weight is 413 g/mol. The maximum absolute atomic E-state index is 12.7. The SMILES string of the molecule is CC1CCC(NS(=O)(=O)c2ccc(N3C[C@@H](O)C[C@H]3CO)c([N+](=O)[O-])c2)CC1. The molecule has 0 radical (unpaired) electrons. The predicted octanol–water partition coefficient (Wildman–Crippen LogP) is 1.38. The second-order valence-electron chi connectivity index (χ2n) is 7.86. The molecule has 3 N–H and O–H groups in total. The summed E-state index contributed by atoms with van der Waals surface area (Å²) in [4.78, 5) is 12.4. The number of hydrogen-bond acceptors (Lipinski definition) is 7. The normalized spacial score (nSPS) is 28.5. The molecule has 0 bridgehead atoms. The molecule has 1 heterocycles. The van der Waals surface area contributed by atoms with Crippen molar-refractivity contribution in [2.45, 2.75) is 62.1 Å². The van der Waals surface area contributed by atoms with Gasteiger partial charge in [0.2, 0.25) is 10.0 Å². The Kier molecular flexibility index (Phi) is 6.23. The molecule has 2 atom stereocenters. The summed E-state index contributed by atoms with van der Waals surface area (Å²) in [6, 6.07) is 3.18. The van der Waals surface area contributed by atoms with Gasteiger partial charge < -0.3 is 15.1 Å². The highest BCUT2D eigenvalue weighted by molar-refractivity contribution is 7.89. The van der Waals surface area contributed by atoms with Crippen molar-refractivity contribution < 1.29 is 23.6 Å². The van der Waals surface area contributed by atoms with Crippen LogP contribution < -0.4 is 9.62 Å². The lowest BCUT2D eigenvalue weighted by molar-refractivity contribution is -0.384. The second-order valence-corrected chi connectivity index (χ2v) is 9.58. The Labute approximate surface area is 164 Å². The first kappa shape index (κ1) is 21.0. The Hall–Kier alpha value is -1.75. The van der Waals surface area contributed by atoms with Gasteiger partial charge in [0.05, 0.1) is 28.6 Å². The molecule has 2 fully saturated rings. The van der Waals surface area contributed by atoms with E-state index >= 15 is 0 Å². The fourth-order valence-electron chi connectivity index (χ4n) is 4.08. The molecule has 1 saturated heterocycles. The molecule has 2 aliphatic rings. The van der Waals surface area contributed by atoms with Gasteiger partial charge in [-0.3, -0.25) is 10.1 Å². The number of hydrogen-bond donors (Lipinski definition) is 3. The maximum atomic E-state index is 12.7. The summed E-state index contributed by atoms with van der Waals surface area (Å²) < 4.78 is 28.1. The van der Waals surface area contributed by atoms with Crippen molar-refractivity contribution in [3.8, 4) is 0 Å². The van der Waals surface area contributed by atoms with Crippen LogP contribution in [0.3, 0.4) is 0 Å². The molecule has 1 saturated carbocycles. The maximum Gasteiger partial charge on any atom is 0.293 e. The summed E-state index contributed by atoms with van der Waals surface area (Å²) in [5, 5.41) is 30.9. The highest BCUT2D eigenvalue weighted by Crippen LogP contribution is 2.35. The fourth-order valence-corrected chi connectivity index (χ4v) is 5.41. The van der Waals surface area contributed by atoms with Crippen LogP contribution in [0.5, 0.6) is 0 Å². The van der Waals surface area contributed by atoms with Gasteiger partial charge in [0.15, 0.2) is 0 Å². The number of benzene rings is 1. The zero-order valence-corrected chi connectivity index (χ0v) is 16.6. The van der Waals surface area contributed by atoms with E-state index in [-0.39, 0.29) is 35.5 Å². The zero-order chi connectivity index (χ0) is 20.5. The number of aliphatic hydroxyl groups is 2. The quantitative estimate of drug-likeness (QED) is 0.474. The number of rotatable bonds is 6. The van der Waals surface area contributed by atoms with Crippen LogP contribution in [0.15, 0.2) is 23.1 Å². The Morgan fingerprint density at radius 3 is 2.57 bits per heavy atom. The summed E-state index contributed by atoms with van der Waals surface area (Å²) in [6.45, 7) is 2.04. The molecule has 28 heavy (non-hydrogen) atoms. The number of nitrogens with zero attached hydrogens (tertiary/aromatic N) is 2. The van der Waals surface area contributed by atoms with Gasteiger partial charge in [0.1, 0.15) is 5.69 Å². The Balaban J connectivity index is 1.87. The molecule has 1 aromatic rings. The van der Waals surface area contributed by atoms with E-state index in [1.807, 2.05) is 0 Å². The topological polar surface area (TPSA) is 133 Å². The molecule has 1 aromatic carbocycles. The smallest absolute Gasteiger partial charge is 0.293 e. The van der Waals surface area contributed by atoms with E-state index < -0.39 is 27.1 Å². The van der Waals surface area contributed by atoms with Crippen molar-refractivity contribution in [3.63, 3.8) is 0 Å². The second kappa shape index (κ2) is 8.32. The van der Waals surface area contributed by atoms with Crippen LogP contribution >= 0.6 is 0 Å². The first-order chi connectivity index (χ1) is 13.2. The predicted molar refractivity (Wildman–Crippen MR) is 104 cm³/mol. The number of nitrogens with one attached hydrogen (secondary N) is 1. The lowest BCUT2D eigenvalue weighted by atomic mass is 9.88. The summed E-state index contributed by atoms with van der Waals surface area (Å²) >= 11 is 0. The summed E-state index contributed by atoms with van der Waals surface area (Å²) in [6.07, 6.45) is 3.01. The van der Waals surface area contributed by atoms with E-state index in [9.17, 15) is 28.7 Å². The van der Waals surface area contributed by atoms with E-state index in [0.29, 0.717) is 12.3 Å². The van der Waals surface area contributed by atoms with Crippen LogP contribution in [0.25, 0.3) is 0 Å². The van der Waals surface area contributed by atoms with Crippen LogP contribution in [-0.4, -0.2) is 54.9 Å². The summed E-state index contributed by atoms with van der Waals surface area (Å²) in [5.41, 5.74) is -0.154. The molecule has 1 aliphatic heterocycles. The number of β-amino-alcohol motifs (C(OH)–C–C–N with tert-alkyl or cyclic N) is 1. The van der Waals surface area contributed by atoms with Crippen LogP contribution in [0.4, 0.5) is 11.4 Å². The van der Waals surface area contributed by atoms with E-state index in [4.69, 9.17) is 0 Å². The molecule has 0 unspecified atom stereocenters. The van der Waals surface area contributed by atoms with E-state index in [1.54, 1.807) is 4.90 Å². The molecular weight excluding hydrogens is 386 g/mol. The van der Waals surface area contributed by atoms with Crippen molar-refractivity contribution >= 4 is 21.4 Å². The third-order valence-electron chi connectivity index (χ3n) is 5.70. The van der Waals surface area contributed by atoms with Gasteiger partial charge in [-0.15, -0.1) is 0 Å². The van der Waals surface area contributed by atoms with Gasteiger partial charge in [-0.2, -0.15) is 0 Å². The van der Waals surface area contributed by atoms with Gasteiger partial charge >= 0.3 is 0 Å². The van der Waals surface area contributed by atoms with E-state index in [0.717, 1.165) is 31.7 Å². The van der Waals surface area contributed by atoms with Crippen LogP contribution in [0, 0.1) is 16.0 Å². The van der Waals surface area contributed by atoms with E-state index in [1.165, 1.54) is 12.1 Å². The molecule has 156 valence electrons. The Bertz CT molecular complexity index is 823. The third-order valence-corrected chi connectivity index (χ3v) is 7.22. The largest absolute Gasteiger partial charge is 0.394 e. The summed E-state index contributed by atoms with van der Waals surface area (Å²) in [5.74, 6) is 0.580. The molecule has 0 spiro atoms. The number of nitro groups is 1. The van der Waals surface area contributed by atoms with Gasteiger partial charge in [-0.25, -0.2) is 13.1 Å². The highest BCUT2D eigenvalue weighted by atomic mass is 32.2. The summed E-state index contributed by atoms with van der Waals surface area (Å²) in [7, 11) is -3.88. The van der Waals surface area contributed by atoms with Crippen molar-refractivity contribution in [1.29, 1.82) is 0 Å². The molecule has 0 aromatic heterocycles. The lowest BCUT2D eigenvalue weighted by Crippen LogP contribution is -2.37. The van der Waals surface area contributed by atoms with Crippen LogP contribution in [0.1, 0.15) is 39.0 Å². The molecule has 3 rings (SSSR count). The van der Waals surface area contributed by atoms with Gasteiger partial charge in [-0.1, -0.05) is 6.92 Å². The molecule has 1 aliphatic carbocycles. The Morgan fingerprint density at radius 2 is 1.96 bits per heavy atom. The van der Waals surface area contributed by atoms with Crippen molar-refractivity contribution in [3.05, 3.63) is 28.3 Å². The van der Waals surface area contributed by atoms with Crippen molar-refractivity contribution in [2.75, 3.05) is 18.1 Å². The monoisotopic (exact) mass is 413 g/mol. The minimum Gasteiger partial charge on any atom is -0.394 e. The molecule has 9 nitrogen and oxygen atoms in total. The molecule has 0 amide bonds. The lowest BCUT2D eigenvalue weighted by Gasteiger charge is -2.27. The van der Waals surface area contributed by atoms with Crippen LogP contribution in [-0.2, 0) is 10.0 Å². The number of nitro benzene ring substituents is 1. The van der Waals surface area contributed by atoms with Crippen molar-refractivity contribution in [2.24, 2.45) is 5.92 Å². The van der Waals surface area contributed by atoms with Gasteiger partial charge in [0.25, 0.3) is 5.69 Å². The standard InChI is InChI=1S/C18H27N3O6S/c1-12-2-4-13(5-3-12)19-28(26,27)16-6-7-17(18(9-16)21(24)25)20-10-15(23)8-14(20)11-22/h6-7,9,12-15,19,22-23H,2-5,8,10-11H2,1H3/t12?,13?,14-,15-/m0/s1. The number of anilines is 1. The Morgan fingerprint density at radius 1 is 1.29 bits per heavy atom. The van der Waals surface area contributed by atoms with E-state index in [2.05, 4.69) is 11.6 Å². The fraction of sp³-hybridized carbons (Fsp3) is 0.667. The zero-order valence-electron chi connectivity index (χ0n) is 15.8. The van der Waals surface area contributed by atoms with Crippen molar-refractivity contribution in [1.82, 2.24) is 4.72 Å². The highest BCUT2D eigenvalue weighted by Gasteiger charge is 2.35. The van der Waals surface area contributed by atoms with Gasteiger partial charge in [-0.05, 0) is 50.2 Å². The third kappa shape index (κ3) is 4.45. The first-order valence-corrected chi connectivity index (χ1v) is 11.1.